The molecule has 5 aromatic heterocycles. The molecular formula is C55H31N5O2. The van der Waals surface area contributed by atoms with Gasteiger partial charge in [0.1, 0.15) is 22.3 Å². The third kappa shape index (κ3) is 4.67. The first kappa shape index (κ1) is 33.3. The fourth-order valence-corrected chi connectivity index (χ4v) is 9.80. The van der Waals surface area contributed by atoms with Crippen LogP contribution < -0.4 is 0 Å². The quantitative estimate of drug-likeness (QED) is 0.177. The van der Waals surface area contributed by atoms with E-state index in [4.69, 9.17) is 23.8 Å². The number of para-hydroxylation sites is 5. The van der Waals surface area contributed by atoms with Crippen molar-refractivity contribution in [2.24, 2.45) is 0 Å². The van der Waals surface area contributed by atoms with Crippen molar-refractivity contribution in [1.82, 2.24) is 24.1 Å². The van der Waals surface area contributed by atoms with Crippen molar-refractivity contribution in [2.75, 3.05) is 0 Å². The fraction of sp³-hybridized carbons (Fsp3) is 0. The Balaban J connectivity index is 1.14. The Bertz CT molecular complexity index is 4130. The summed E-state index contributed by atoms with van der Waals surface area (Å²) in [6.45, 7) is 0. The number of rotatable bonds is 4. The number of hydrogen-bond acceptors (Lipinski definition) is 5. The van der Waals surface area contributed by atoms with Gasteiger partial charge in [-0.05, 0) is 83.6 Å². The summed E-state index contributed by atoms with van der Waals surface area (Å²) >= 11 is 0. The maximum Gasteiger partial charge on any atom is 0.238 e. The molecule has 0 aliphatic heterocycles. The van der Waals surface area contributed by atoms with Gasteiger partial charge in [0.15, 0.2) is 11.6 Å². The lowest BCUT2D eigenvalue weighted by atomic mass is 10.0. The van der Waals surface area contributed by atoms with Gasteiger partial charge < -0.3 is 13.4 Å². The van der Waals surface area contributed by atoms with Gasteiger partial charge >= 0.3 is 0 Å². The highest BCUT2D eigenvalue weighted by molar-refractivity contribution is 6.16. The first-order valence-electron chi connectivity index (χ1n) is 20.8. The molecule has 0 radical (unpaired) electrons. The minimum atomic E-state index is 0.496. The molecule has 0 aliphatic rings. The highest BCUT2D eigenvalue weighted by Crippen LogP contribution is 2.44. The lowest BCUT2D eigenvalue weighted by molar-refractivity contribution is 0.669. The summed E-state index contributed by atoms with van der Waals surface area (Å²) in [6, 6.07) is 65.6. The Kier molecular flexibility index (Phi) is 6.71. The summed E-state index contributed by atoms with van der Waals surface area (Å²) in [6.07, 6.45) is 0. The van der Waals surface area contributed by atoms with E-state index in [0.29, 0.717) is 23.2 Å². The predicted octanol–water partition coefficient (Wildman–Crippen LogP) is 14.4. The van der Waals surface area contributed by atoms with Gasteiger partial charge in [0.25, 0.3) is 0 Å². The van der Waals surface area contributed by atoms with Crippen LogP contribution in [0.4, 0.5) is 0 Å². The van der Waals surface area contributed by atoms with E-state index in [2.05, 4.69) is 155 Å². The van der Waals surface area contributed by atoms with Gasteiger partial charge in [-0.3, -0.25) is 4.57 Å². The van der Waals surface area contributed by atoms with Gasteiger partial charge in [-0.1, -0.05) is 115 Å². The largest absolute Gasteiger partial charge is 0.456 e. The van der Waals surface area contributed by atoms with Gasteiger partial charge in [-0.25, -0.2) is 4.98 Å². The monoisotopic (exact) mass is 793 g/mol. The number of aromatic nitrogens is 5. The van der Waals surface area contributed by atoms with Crippen LogP contribution in [0.3, 0.4) is 0 Å². The van der Waals surface area contributed by atoms with Gasteiger partial charge in [-0.2, -0.15) is 9.97 Å². The van der Waals surface area contributed by atoms with Crippen LogP contribution in [0.25, 0.3) is 133 Å². The van der Waals surface area contributed by atoms with E-state index in [0.717, 1.165) is 104 Å². The molecule has 62 heavy (non-hydrogen) atoms. The summed E-state index contributed by atoms with van der Waals surface area (Å²) in [4.78, 5) is 16.4. The van der Waals surface area contributed by atoms with Crippen molar-refractivity contribution in [3.63, 3.8) is 0 Å². The van der Waals surface area contributed by atoms with Gasteiger partial charge in [0, 0.05) is 48.7 Å². The summed E-state index contributed by atoms with van der Waals surface area (Å²) in [7, 11) is 0. The van der Waals surface area contributed by atoms with Crippen LogP contribution in [0.2, 0.25) is 0 Å². The van der Waals surface area contributed by atoms with Crippen LogP contribution >= 0.6 is 0 Å². The molecule has 14 rings (SSSR count). The van der Waals surface area contributed by atoms with E-state index in [1.165, 1.54) is 5.39 Å². The molecule has 0 saturated heterocycles. The Hall–Kier alpha value is -8.55. The van der Waals surface area contributed by atoms with Gasteiger partial charge in [0.2, 0.25) is 5.95 Å². The second kappa shape index (κ2) is 12.5. The number of benzene rings is 9. The van der Waals surface area contributed by atoms with Crippen LogP contribution in [0.5, 0.6) is 0 Å². The van der Waals surface area contributed by atoms with E-state index in [1.807, 2.05) is 42.5 Å². The van der Waals surface area contributed by atoms with Crippen LogP contribution in [0, 0.1) is 0 Å². The van der Waals surface area contributed by atoms with E-state index in [-0.39, 0.29) is 0 Å². The highest BCUT2D eigenvalue weighted by atomic mass is 16.3. The summed E-state index contributed by atoms with van der Waals surface area (Å²) in [5.41, 5.74) is 9.82. The molecule has 0 atom stereocenters. The normalized spacial score (nSPS) is 12.2. The molecule has 5 heterocycles. The van der Waals surface area contributed by atoms with Gasteiger partial charge in [0.05, 0.1) is 33.3 Å². The molecule has 0 spiro atoms. The van der Waals surface area contributed by atoms with Crippen molar-refractivity contribution < 1.29 is 8.83 Å². The predicted molar refractivity (Wildman–Crippen MR) is 251 cm³/mol. The zero-order chi connectivity index (χ0) is 40.5. The molecule has 0 unspecified atom stereocenters. The number of hydrogen-bond donors (Lipinski definition) is 0. The molecule has 288 valence electrons. The molecular weight excluding hydrogens is 763 g/mol. The maximum absolute atomic E-state index is 6.95. The highest BCUT2D eigenvalue weighted by Gasteiger charge is 2.26. The van der Waals surface area contributed by atoms with E-state index in [9.17, 15) is 0 Å². The number of furan rings is 2. The van der Waals surface area contributed by atoms with Crippen LogP contribution in [0.15, 0.2) is 197 Å². The first-order valence-corrected chi connectivity index (χ1v) is 20.8. The van der Waals surface area contributed by atoms with Crippen molar-refractivity contribution in [1.29, 1.82) is 0 Å². The maximum atomic E-state index is 6.95. The lowest BCUT2D eigenvalue weighted by Gasteiger charge is -2.16. The molecule has 0 bridgehead atoms. The first-order chi connectivity index (χ1) is 30.7. The van der Waals surface area contributed by atoms with Crippen molar-refractivity contribution >= 4 is 98.3 Å². The second-order valence-electron chi connectivity index (χ2n) is 16.0. The lowest BCUT2D eigenvalue weighted by Crippen LogP contribution is -2.08. The SMILES string of the molecule is c1ccc2cc3c(cc2c1)c1ccccc1n3-c1ccc2c(oc3ccccc32)c1-c1nc(-c2ccc3oc4ccccc4c3c2)nc(-n2c3ccccc3c3ccccc32)n1. The summed E-state index contributed by atoms with van der Waals surface area (Å²) < 4.78 is 17.7. The molecule has 0 fully saturated rings. The zero-order valence-corrected chi connectivity index (χ0v) is 33.0. The Morgan fingerprint density at radius 1 is 0.339 bits per heavy atom. The Morgan fingerprint density at radius 3 is 1.61 bits per heavy atom. The van der Waals surface area contributed by atoms with E-state index < -0.39 is 0 Å². The molecule has 9 aromatic carbocycles. The third-order valence-electron chi connectivity index (χ3n) is 12.6. The average molecular weight is 794 g/mol. The van der Waals surface area contributed by atoms with Crippen molar-refractivity contribution in [3.8, 4) is 34.4 Å². The fourth-order valence-electron chi connectivity index (χ4n) is 9.80. The number of fused-ring (bicyclic) bond motifs is 13. The molecule has 14 aromatic rings. The minimum absolute atomic E-state index is 0.496. The molecule has 0 saturated carbocycles. The minimum Gasteiger partial charge on any atom is -0.456 e. The van der Waals surface area contributed by atoms with E-state index >= 15 is 0 Å². The van der Waals surface area contributed by atoms with Crippen LogP contribution in [-0.4, -0.2) is 24.1 Å². The molecule has 0 N–H and O–H groups in total. The molecule has 0 amide bonds. The standard InChI is InChI=1S/C55H31N5O2/c1-2-14-33-31-47-41(29-32(33)13-1)37-17-5-8-20-43(37)59(47)46-27-26-40-38-18-6-12-24-49(38)62-52(40)51(46)54-56-53(34-25-28-50-42(30-34)39-19-7-11-23-48(39)61-50)57-55(58-54)60-44-21-9-3-15-35(44)36-16-4-10-22-45(36)60/h1-31H. The average Bonchev–Trinajstić information content (AvgIpc) is 4.08. The van der Waals surface area contributed by atoms with Crippen molar-refractivity contribution in [2.45, 2.75) is 0 Å². The topological polar surface area (TPSA) is 74.8 Å². The Labute approximate surface area is 352 Å². The Morgan fingerprint density at radius 2 is 0.887 bits per heavy atom. The van der Waals surface area contributed by atoms with Crippen molar-refractivity contribution in [3.05, 3.63) is 188 Å². The smallest absolute Gasteiger partial charge is 0.238 e. The third-order valence-corrected chi connectivity index (χ3v) is 12.6. The second-order valence-corrected chi connectivity index (χ2v) is 16.0. The van der Waals surface area contributed by atoms with Crippen LogP contribution in [0.1, 0.15) is 0 Å². The molecule has 7 heteroatoms. The van der Waals surface area contributed by atoms with Crippen LogP contribution in [-0.2, 0) is 0 Å². The van der Waals surface area contributed by atoms with Gasteiger partial charge in [-0.15, -0.1) is 0 Å². The summed E-state index contributed by atoms with van der Waals surface area (Å²) in [5, 5.41) is 11.0. The zero-order valence-electron chi connectivity index (χ0n) is 33.0. The summed E-state index contributed by atoms with van der Waals surface area (Å²) in [5.74, 6) is 1.54. The van der Waals surface area contributed by atoms with E-state index in [1.54, 1.807) is 0 Å². The molecule has 0 aliphatic carbocycles. The molecule has 7 nitrogen and oxygen atoms in total. The number of nitrogens with zero attached hydrogens (tertiary/aromatic N) is 5.